The third kappa shape index (κ3) is 3.21. The van der Waals surface area contributed by atoms with Crippen molar-refractivity contribution in [3.05, 3.63) is 46.7 Å². The van der Waals surface area contributed by atoms with Crippen molar-refractivity contribution in [1.29, 1.82) is 0 Å². The van der Waals surface area contributed by atoms with Crippen molar-refractivity contribution in [2.75, 3.05) is 7.11 Å². The number of ether oxygens (including phenoxy) is 2. The van der Waals surface area contributed by atoms with Crippen LogP contribution in [0.2, 0.25) is 0 Å². The van der Waals surface area contributed by atoms with Crippen LogP contribution >= 0.6 is 28.1 Å². The zero-order valence-corrected chi connectivity index (χ0v) is 12.5. The number of aromatic nitrogens is 1. The standard InChI is InChI=1S/C13H11BrN2O2S/c1-17-8-4-5-10(9(14)7-8)18-11-3-2-6-16-12(11)13(15)19/h2-7H,1H3,(H2,15,19). The molecule has 2 rings (SSSR count). The first kappa shape index (κ1) is 13.8. The summed E-state index contributed by atoms with van der Waals surface area (Å²) < 4.78 is 11.7. The third-order valence-corrected chi connectivity index (χ3v) is 3.18. The molecule has 0 saturated heterocycles. The van der Waals surface area contributed by atoms with Crippen LogP contribution < -0.4 is 15.2 Å². The van der Waals surface area contributed by atoms with Crippen molar-refractivity contribution in [1.82, 2.24) is 4.98 Å². The summed E-state index contributed by atoms with van der Waals surface area (Å²) in [5.41, 5.74) is 6.07. The summed E-state index contributed by atoms with van der Waals surface area (Å²) in [6, 6.07) is 8.93. The normalized spacial score (nSPS) is 10.0. The summed E-state index contributed by atoms with van der Waals surface area (Å²) in [7, 11) is 1.61. The molecule has 0 unspecified atom stereocenters. The SMILES string of the molecule is COc1ccc(Oc2cccnc2C(N)=S)c(Br)c1. The largest absolute Gasteiger partial charge is 0.497 e. The van der Waals surface area contributed by atoms with E-state index in [2.05, 4.69) is 20.9 Å². The number of halogens is 1. The van der Waals surface area contributed by atoms with Crippen LogP contribution in [-0.2, 0) is 0 Å². The molecule has 19 heavy (non-hydrogen) atoms. The van der Waals surface area contributed by atoms with Crippen LogP contribution in [0.25, 0.3) is 0 Å². The number of benzene rings is 1. The van der Waals surface area contributed by atoms with Crippen LogP contribution in [0.4, 0.5) is 0 Å². The lowest BCUT2D eigenvalue weighted by molar-refractivity contribution is 0.412. The fourth-order valence-corrected chi connectivity index (χ4v) is 2.06. The lowest BCUT2D eigenvalue weighted by Gasteiger charge is -2.11. The Morgan fingerprint density at radius 2 is 2.11 bits per heavy atom. The maximum atomic E-state index is 5.77. The van der Waals surface area contributed by atoms with E-state index in [1.165, 1.54) is 0 Å². The van der Waals surface area contributed by atoms with E-state index in [1.807, 2.05) is 6.07 Å². The van der Waals surface area contributed by atoms with Gasteiger partial charge < -0.3 is 15.2 Å². The smallest absolute Gasteiger partial charge is 0.156 e. The number of hydrogen-bond donors (Lipinski definition) is 1. The molecule has 0 spiro atoms. The fraction of sp³-hybridized carbons (Fsp3) is 0.0769. The molecular weight excluding hydrogens is 328 g/mol. The van der Waals surface area contributed by atoms with Gasteiger partial charge in [-0.3, -0.25) is 0 Å². The van der Waals surface area contributed by atoms with E-state index >= 15 is 0 Å². The van der Waals surface area contributed by atoms with Gasteiger partial charge in [0.05, 0.1) is 11.6 Å². The highest BCUT2D eigenvalue weighted by atomic mass is 79.9. The van der Waals surface area contributed by atoms with E-state index in [0.29, 0.717) is 17.2 Å². The van der Waals surface area contributed by atoms with Crippen molar-refractivity contribution >= 4 is 33.1 Å². The van der Waals surface area contributed by atoms with Crippen LogP contribution in [0.1, 0.15) is 5.69 Å². The Hall–Kier alpha value is -1.66. The number of nitrogens with two attached hydrogens (primary N) is 1. The summed E-state index contributed by atoms with van der Waals surface area (Å²) in [4.78, 5) is 4.30. The summed E-state index contributed by atoms with van der Waals surface area (Å²) >= 11 is 8.36. The van der Waals surface area contributed by atoms with E-state index in [4.69, 9.17) is 27.4 Å². The van der Waals surface area contributed by atoms with Gasteiger partial charge in [0, 0.05) is 6.20 Å². The van der Waals surface area contributed by atoms with E-state index in [0.717, 1.165) is 10.2 Å². The molecule has 6 heteroatoms. The van der Waals surface area contributed by atoms with Gasteiger partial charge in [0.2, 0.25) is 0 Å². The van der Waals surface area contributed by atoms with Gasteiger partial charge in [0.1, 0.15) is 22.2 Å². The molecule has 1 aromatic heterocycles. The molecule has 2 aromatic rings. The van der Waals surface area contributed by atoms with Crippen LogP contribution in [0.15, 0.2) is 41.0 Å². The lowest BCUT2D eigenvalue weighted by atomic mass is 10.3. The second kappa shape index (κ2) is 5.99. The summed E-state index contributed by atoms with van der Waals surface area (Å²) in [5, 5.41) is 0. The van der Waals surface area contributed by atoms with Gasteiger partial charge in [-0.05, 0) is 46.3 Å². The first-order chi connectivity index (χ1) is 9.11. The average molecular weight is 339 g/mol. The zero-order valence-electron chi connectivity index (χ0n) is 10.1. The topological polar surface area (TPSA) is 57.4 Å². The van der Waals surface area contributed by atoms with Gasteiger partial charge in [-0.15, -0.1) is 0 Å². The van der Waals surface area contributed by atoms with Gasteiger partial charge in [-0.1, -0.05) is 12.2 Å². The van der Waals surface area contributed by atoms with Crippen LogP contribution in [0.3, 0.4) is 0 Å². The van der Waals surface area contributed by atoms with Gasteiger partial charge in [-0.25, -0.2) is 4.98 Å². The Balaban J connectivity index is 2.34. The van der Waals surface area contributed by atoms with Crippen molar-refractivity contribution in [3.8, 4) is 17.2 Å². The number of nitrogens with zero attached hydrogens (tertiary/aromatic N) is 1. The number of hydrogen-bond acceptors (Lipinski definition) is 4. The minimum Gasteiger partial charge on any atom is -0.497 e. The molecule has 0 radical (unpaired) electrons. The van der Waals surface area contributed by atoms with Crippen molar-refractivity contribution in [3.63, 3.8) is 0 Å². The Labute approximate surface area is 124 Å². The molecule has 98 valence electrons. The summed E-state index contributed by atoms with van der Waals surface area (Å²) in [5.74, 6) is 1.88. The highest BCUT2D eigenvalue weighted by Gasteiger charge is 2.10. The minimum atomic E-state index is 0.195. The Kier molecular flexibility index (Phi) is 4.34. The summed E-state index contributed by atoms with van der Waals surface area (Å²) in [6.45, 7) is 0. The van der Waals surface area contributed by atoms with Crippen LogP contribution in [0, 0.1) is 0 Å². The molecule has 4 nitrogen and oxygen atoms in total. The van der Waals surface area contributed by atoms with Gasteiger partial charge >= 0.3 is 0 Å². The van der Waals surface area contributed by atoms with E-state index in [-0.39, 0.29) is 4.99 Å². The Morgan fingerprint density at radius 3 is 2.74 bits per heavy atom. The molecule has 0 amide bonds. The second-order valence-corrected chi connectivity index (χ2v) is 4.91. The Morgan fingerprint density at radius 1 is 1.32 bits per heavy atom. The van der Waals surface area contributed by atoms with Crippen LogP contribution in [0.5, 0.6) is 17.2 Å². The number of methoxy groups -OCH3 is 1. The molecule has 0 atom stereocenters. The average Bonchev–Trinajstić information content (AvgIpc) is 2.41. The Bertz CT molecular complexity index is 619. The first-order valence-electron chi connectivity index (χ1n) is 5.38. The van der Waals surface area contributed by atoms with E-state index < -0.39 is 0 Å². The predicted molar refractivity (Wildman–Crippen MR) is 80.9 cm³/mol. The highest BCUT2D eigenvalue weighted by molar-refractivity contribution is 9.10. The highest BCUT2D eigenvalue weighted by Crippen LogP contribution is 2.33. The van der Waals surface area contributed by atoms with Crippen molar-refractivity contribution in [2.45, 2.75) is 0 Å². The van der Waals surface area contributed by atoms with Crippen LogP contribution in [-0.4, -0.2) is 17.1 Å². The molecule has 0 bridgehead atoms. The van der Waals surface area contributed by atoms with Gasteiger partial charge in [-0.2, -0.15) is 0 Å². The van der Waals surface area contributed by atoms with Gasteiger partial charge in [0.15, 0.2) is 5.75 Å². The molecule has 1 heterocycles. The van der Waals surface area contributed by atoms with E-state index in [1.54, 1.807) is 37.6 Å². The summed E-state index contributed by atoms with van der Waals surface area (Å²) in [6.07, 6.45) is 1.62. The van der Waals surface area contributed by atoms with Gasteiger partial charge in [0.25, 0.3) is 0 Å². The third-order valence-electron chi connectivity index (χ3n) is 2.36. The molecule has 0 aliphatic rings. The fourth-order valence-electron chi connectivity index (χ4n) is 1.47. The molecule has 2 N–H and O–H groups in total. The zero-order chi connectivity index (χ0) is 13.8. The lowest BCUT2D eigenvalue weighted by Crippen LogP contribution is -2.12. The molecule has 0 aliphatic heterocycles. The molecule has 0 fully saturated rings. The van der Waals surface area contributed by atoms with Crippen molar-refractivity contribution < 1.29 is 9.47 Å². The maximum absolute atomic E-state index is 5.77. The maximum Gasteiger partial charge on any atom is 0.156 e. The first-order valence-corrected chi connectivity index (χ1v) is 6.58. The second-order valence-electron chi connectivity index (χ2n) is 3.61. The van der Waals surface area contributed by atoms with Crippen molar-refractivity contribution in [2.24, 2.45) is 5.73 Å². The molecular formula is C13H11BrN2O2S. The number of thiocarbonyl (C=S) groups is 1. The quantitative estimate of drug-likeness (QED) is 0.867. The molecule has 0 aliphatic carbocycles. The molecule has 1 aromatic carbocycles. The number of pyridine rings is 1. The monoisotopic (exact) mass is 338 g/mol. The van der Waals surface area contributed by atoms with E-state index in [9.17, 15) is 0 Å². The predicted octanol–water partition coefficient (Wildman–Crippen LogP) is 3.28. The molecule has 0 saturated carbocycles. The number of rotatable bonds is 4. The minimum absolute atomic E-state index is 0.195.